The maximum atomic E-state index is 13.0. The number of carbonyl (C=O) groups excluding carboxylic acids is 1. The highest BCUT2D eigenvalue weighted by molar-refractivity contribution is 7.98. The number of hydrogen-bond donors (Lipinski definition) is 1. The topological polar surface area (TPSA) is 43.1 Å². The lowest BCUT2D eigenvalue weighted by atomic mass is 10.2. The van der Waals surface area contributed by atoms with Crippen molar-refractivity contribution in [1.82, 2.24) is 0 Å². The van der Waals surface area contributed by atoms with E-state index < -0.39 is 11.7 Å². The van der Waals surface area contributed by atoms with Crippen molar-refractivity contribution in [3.05, 3.63) is 29.6 Å². The Balaban J connectivity index is 3.29. The number of rotatable bonds is 2. The maximum absolute atomic E-state index is 13.0. The third-order valence-corrected chi connectivity index (χ3v) is 2.22. The maximum Gasteiger partial charge on any atom is 0.252 e. The third-order valence-electron chi connectivity index (χ3n) is 1.44. The first kappa shape index (κ1) is 9.06. The van der Waals surface area contributed by atoms with Gasteiger partial charge in [0.15, 0.2) is 0 Å². The lowest BCUT2D eigenvalue weighted by Crippen LogP contribution is -2.14. The summed E-state index contributed by atoms with van der Waals surface area (Å²) in [5.41, 5.74) is 4.98. The molecule has 1 rings (SSSR count). The Morgan fingerprint density at radius 3 is 2.67 bits per heavy atom. The van der Waals surface area contributed by atoms with E-state index in [0.29, 0.717) is 4.90 Å². The predicted octanol–water partition coefficient (Wildman–Crippen LogP) is 1.65. The number of thioether (sulfide) groups is 1. The van der Waals surface area contributed by atoms with E-state index in [1.807, 2.05) is 0 Å². The van der Waals surface area contributed by atoms with Crippen LogP contribution in [0.15, 0.2) is 23.1 Å². The van der Waals surface area contributed by atoms with Gasteiger partial charge in [-0.25, -0.2) is 4.39 Å². The van der Waals surface area contributed by atoms with Crippen molar-refractivity contribution >= 4 is 17.7 Å². The molecule has 4 heteroatoms. The molecule has 0 bridgehead atoms. The molecule has 64 valence electrons. The Kier molecular flexibility index (Phi) is 2.70. The van der Waals surface area contributed by atoms with Gasteiger partial charge in [-0.3, -0.25) is 4.79 Å². The molecule has 0 saturated heterocycles. The Labute approximate surface area is 74.0 Å². The van der Waals surface area contributed by atoms with Crippen molar-refractivity contribution in [2.75, 3.05) is 6.26 Å². The van der Waals surface area contributed by atoms with Gasteiger partial charge in [0.2, 0.25) is 0 Å². The second kappa shape index (κ2) is 3.58. The summed E-state index contributed by atoms with van der Waals surface area (Å²) in [6, 6.07) is 4.43. The molecule has 0 fully saturated rings. The van der Waals surface area contributed by atoms with Crippen LogP contribution in [-0.2, 0) is 0 Å². The zero-order valence-electron chi connectivity index (χ0n) is 6.50. The van der Waals surface area contributed by atoms with E-state index in [2.05, 4.69) is 0 Å². The highest BCUT2D eigenvalue weighted by atomic mass is 32.2. The molecular weight excluding hydrogens is 177 g/mol. The Morgan fingerprint density at radius 1 is 1.58 bits per heavy atom. The average molecular weight is 185 g/mol. The summed E-state index contributed by atoms with van der Waals surface area (Å²) in [7, 11) is 0. The molecule has 0 spiro atoms. The molecule has 0 radical (unpaired) electrons. The highest BCUT2D eigenvalue weighted by Crippen LogP contribution is 2.21. The van der Waals surface area contributed by atoms with Gasteiger partial charge in [-0.2, -0.15) is 0 Å². The minimum Gasteiger partial charge on any atom is -0.365 e. The van der Waals surface area contributed by atoms with E-state index in [4.69, 9.17) is 5.73 Å². The summed E-state index contributed by atoms with van der Waals surface area (Å²) >= 11 is 1.30. The summed E-state index contributed by atoms with van der Waals surface area (Å²) in [5, 5.41) is 0. The molecular formula is C8H8FNOS. The molecule has 1 aromatic rings. The largest absolute Gasteiger partial charge is 0.365 e. The van der Waals surface area contributed by atoms with Crippen molar-refractivity contribution in [2.24, 2.45) is 5.73 Å². The van der Waals surface area contributed by atoms with E-state index in [0.717, 1.165) is 0 Å². The van der Waals surface area contributed by atoms with Crippen LogP contribution < -0.4 is 5.73 Å². The number of amides is 1. The standard InChI is InChI=1S/C8H8FNOS/c1-12-6-4-2-3-5(9)7(6)8(10)11/h2-4H,1H3,(H2,10,11). The van der Waals surface area contributed by atoms with E-state index in [-0.39, 0.29) is 5.56 Å². The molecule has 2 N–H and O–H groups in total. The minimum absolute atomic E-state index is 0.0231. The molecule has 0 heterocycles. The monoisotopic (exact) mass is 185 g/mol. The molecule has 0 unspecified atom stereocenters. The van der Waals surface area contributed by atoms with Crippen molar-refractivity contribution in [2.45, 2.75) is 4.90 Å². The Bertz CT molecular complexity index is 314. The Morgan fingerprint density at radius 2 is 2.25 bits per heavy atom. The molecule has 0 aliphatic carbocycles. The Hall–Kier alpha value is -1.03. The van der Waals surface area contributed by atoms with Crippen LogP contribution in [0.2, 0.25) is 0 Å². The summed E-state index contributed by atoms with van der Waals surface area (Å²) in [6.07, 6.45) is 1.77. The van der Waals surface area contributed by atoms with Gasteiger partial charge < -0.3 is 5.73 Å². The van der Waals surface area contributed by atoms with Crippen LogP contribution in [0.25, 0.3) is 0 Å². The van der Waals surface area contributed by atoms with Gasteiger partial charge in [-0.1, -0.05) is 6.07 Å². The van der Waals surface area contributed by atoms with Crippen LogP contribution in [0.1, 0.15) is 10.4 Å². The zero-order valence-corrected chi connectivity index (χ0v) is 7.32. The van der Waals surface area contributed by atoms with E-state index in [9.17, 15) is 9.18 Å². The fourth-order valence-electron chi connectivity index (χ4n) is 0.914. The number of primary amides is 1. The van der Waals surface area contributed by atoms with Gasteiger partial charge in [-0.05, 0) is 18.4 Å². The van der Waals surface area contributed by atoms with Crippen LogP contribution in [-0.4, -0.2) is 12.2 Å². The second-order valence-corrected chi connectivity index (χ2v) is 3.03. The van der Waals surface area contributed by atoms with Crippen molar-refractivity contribution in [1.29, 1.82) is 0 Å². The minimum atomic E-state index is -0.725. The first-order valence-corrected chi connectivity index (χ1v) is 4.51. The average Bonchev–Trinajstić information content (AvgIpc) is 2.03. The molecule has 0 aromatic heterocycles. The molecule has 1 amide bonds. The molecule has 0 aliphatic heterocycles. The zero-order chi connectivity index (χ0) is 9.14. The summed E-state index contributed by atoms with van der Waals surface area (Å²) < 4.78 is 13.0. The van der Waals surface area contributed by atoms with Crippen molar-refractivity contribution in [3.63, 3.8) is 0 Å². The number of nitrogens with two attached hydrogens (primary N) is 1. The van der Waals surface area contributed by atoms with Crippen LogP contribution in [0, 0.1) is 5.82 Å². The molecule has 2 nitrogen and oxygen atoms in total. The van der Waals surface area contributed by atoms with Gasteiger partial charge in [0.05, 0.1) is 5.56 Å². The van der Waals surface area contributed by atoms with Crippen LogP contribution >= 0.6 is 11.8 Å². The van der Waals surface area contributed by atoms with Gasteiger partial charge in [0, 0.05) is 4.90 Å². The SMILES string of the molecule is CSc1cccc(F)c1C(N)=O. The smallest absolute Gasteiger partial charge is 0.252 e. The quantitative estimate of drug-likeness (QED) is 0.712. The molecule has 0 atom stereocenters. The third kappa shape index (κ3) is 1.58. The summed E-state index contributed by atoms with van der Waals surface area (Å²) in [4.78, 5) is 11.3. The van der Waals surface area contributed by atoms with Gasteiger partial charge >= 0.3 is 0 Å². The molecule has 12 heavy (non-hydrogen) atoms. The van der Waals surface area contributed by atoms with Gasteiger partial charge in [-0.15, -0.1) is 11.8 Å². The van der Waals surface area contributed by atoms with Crippen molar-refractivity contribution < 1.29 is 9.18 Å². The fourth-order valence-corrected chi connectivity index (χ4v) is 1.53. The number of carbonyl (C=O) groups is 1. The lowest BCUT2D eigenvalue weighted by Gasteiger charge is -2.03. The van der Waals surface area contributed by atoms with Gasteiger partial charge in [0.1, 0.15) is 5.82 Å². The summed E-state index contributed by atoms with van der Waals surface area (Å²) in [5.74, 6) is -1.29. The number of halogens is 1. The summed E-state index contributed by atoms with van der Waals surface area (Å²) in [6.45, 7) is 0. The molecule has 1 aromatic carbocycles. The number of benzene rings is 1. The van der Waals surface area contributed by atoms with E-state index >= 15 is 0 Å². The van der Waals surface area contributed by atoms with E-state index in [1.165, 1.54) is 17.8 Å². The number of hydrogen-bond acceptors (Lipinski definition) is 2. The predicted molar refractivity (Wildman–Crippen MR) is 46.7 cm³/mol. The van der Waals surface area contributed by atoms with Crippen molar-refractivity contribution in [3.8, 4) is 0 Å². The van der Waals surface area contributed by atoms with E-state index in [1.54, 1.807) is 18.4 Å². The lowest BCUT2D eigenvalue weighted by molar-refractivity contribution is 0.0993. The van der Waals surface area contributed by atoms with Gasteiger partial charge in [0.25, 0.3) is 5.91 Å². The molecule has 0 saturated carbocycles. The normalized spacial score (nSPS) is 9.83. The van der Waals surface area contributed by atoms with Crippen LogP contribution in [0.4, 0.5) is 4.39 Å². The van der Waals surface area contributed by atoms with Crippen LogP contribution in [0.3, 0.4) is 0 Å². The molecule has 0 aliphatic rings. The second-order valence-electron chi connectivity index (χ2n) is 2.18. The fraction of sp³-hybridized carbons (Fsp3) is 0.125. The highest BCUT2D eigenvalue weighted by Gasteiger charge is 2.12. The van der Waals surface area contributed by atoms with Crippen LogP contribution in [0.5, 0.6) is 0 Å². The first-order chi connectivity index (χ1) is 5.66. The first-order valence-electron chi connectivity index (χ1n) is 3.29.